The third-order valence-corrected chi connectivity index (χ3v) is 9.91. The van der Waals surface area contributed by atoms with Crippen molar-refractivity contribution in [3.05, 3.63) is 52.0 Å². The van der Waals surface area contributed by atoms with Crippen molar-refractivity contribution in [1.29, 1.82) is 0 Å². The number of rotatable bonds is 16. The predicted molar refractivity (Wildman–Crippen MR) is 179 cm³/mol. The topological polar surface area (TPSA) is 152 Å². The van der Waals surface area contributed by atoms with Crippen LogP contribution in [0.1, 0.15) is 86.5 Å². The lowest BCUT2D eigenvalue weighted by atomic mass is 9.95. The Bertz CT molecular complexity index is 1410. The molecule has 49 heavy (non-hydrogen) atoms. The van der Waals surface area contributed by atoms with E-state index in [1.165, 1.54) is 12.4 Å². The van der Waals surface area contributed by atoms with Gasteiger partial charge in [0.2, 0.25) is 11.8 Å². The van der Waals surface area contributed by atoms with Crippen LogP contribution < -0.4 is 10.6 Å². The number of carboxylic acid groups (broad SMARTS) is 1. The van der Waals surface area contributed by atoms with Gasteiger partial charge in [-0.25, -0.2) is 4.98 Å². The first-order valence-corrected chi connectivity index (χ1v) is 17.4. The maximum Gasteiger partial charge on any atom is 0.391 e. The fourth-order valence-electron chi connectivity index (χ4n) is 6.15. The molecule has 0 unspecified atom stereocenters. The van der Waals surface area contributed by atoms with Gasteiger partial charge in [0.1, 0.15) is 22.8 Å². The number of thiazole rings is 1. The Balaban J connectivity index is 1.72. The molecule has 0 radical (unpaired) electrons. The number of hydrogen-bond donors (Lipinski definition) is 4. The molecule has 0 aliphatic carbocycles. The molecule has 1 aromatic heterocycles. The SMILES string of the molecule is CC(C)[C@@H](C[C@@H](O)c1nc(C(=O)N[C@@H](Cc2ccccc2)C[C@H](C)C(=O)O)cs1)N(C)C(=O)[C@H](CC(F)(F)F)NC(=O)[C@H]1CCCCN1C. The second-order valence-electron chi connectivity index (χ2n) is 13.3. The Hall–Kier alpha value is -3.56. The number of hydrogen-bond acceptors (Lipinski definition) is 8. The summed E-state index contributed by atoms with van der Waals surface area (Å²) in [7, 11) is 3.08. The minimum Gasteiger partial charge on any atom is -0.481 e. The van der Waals surface area contributed by atoms with E-state index in [1.807, 2.05) is 30.3 Å². The second-order valence-corrected chi connectivity index (χ2v) is 14.2. The number of nitrogens with zero attached hydrogens (tertiary/aromatic N) is 3. The number of carbonyl (C=O) groups is 4. The predicted octanol–water partition coefficient (Wildman–Crippen LogP) is 4.42. The van der Waals surface area contributed by atoms with E-state index in [0.717, 1.165) is 34.6 Å². The quantitative estimate of drug-likeness (QED) is 0.200. The van der Waals surface area contributed by atoms with E-state index in [2.05, 4.69) is 15.6 Å². The zero-order valence-electron chi connectivity index (χ0n) is 28.6. The number of halogens is 3. The van der Waals surface area contributed by atoms with Gasteiger partial charge in [-0.2, -0.15) is 13.2 Å². The van der Waals surface area contributed by atoms with Gasteiger partial charge in [0.15, 0.2) is 0 Å². The Kier molecular flexibility index (Phi) is 14.6. The second kappa shape index (κ2) is 17.9. The molecule has 11 nitrogen and oxygen atoms in total. The third-order valence-electron chi connectivity index (χ3n) is 8.96. The molecular formula is C34H48F3N5O6S. The molecule has 15 heteroatoms. The van der Waals surface area contributed by atoms with E-state index >= 15 is 0 Å². The number of piperidine rings is 1. The zero-order chi connectivity index (χ0) is 36.5. The molecule has 0 spiro atoms. The smallest absolute Gasteiger partial charge is 0.391 e. The van der Waals surface area contributed by atoms with E-state index in [4.69, 9.17) is 0 Å². The standard InChI is InChI=1S/C34H48F3N5O6S/c1-20(2)27(42(5)32(46)24(18-34(35,36)37)39-30(45)26-13-9-10-14-41(26)4)17-28(43)31-40-25(19-49-31)29(44)38-23(15-21(3)33(47)48)16-22-11-7-6-8-12-22/h6-8,11-12,19-21,23-24,26-28,43H,9-10,13-18H2,1-5H3,(H,38,44)(H,39,45)(H,47,48)/t21-,23+,24-,26+,27+,28+/m0/s1. The molecule has 1 aromatic carbocycles. The number of carboxylic acids is 1. The molecule has 1 saturated heterocycles. The van der Waals surface area contributed by atoms with E-state index in [1.54, 1.807) is 32.7 Å². The van der Waals surface area contributed by atoms with Gasteiger partial charge in [-0.3, -0.25) is 24.1 Å². The van der Waals surface area contributed by atoms with Crippen molar-refractivity contribution >= 4 is 35.0 Å². The van der Waals surface area contributed by atoms with Crippen molar-refractivity contribution in [2.75, 3.05) is 20.6 Å². The number of carbonyl (C=O) groups excluding carboxylic acids is 3. The number of benzene rings is 1. The number of alkyl halides is 3. The van der Waals surface area contributed by atoms with Crippen molar-refractivity contribution < 1.29 is 42.6 Å². The molecule has 1 aliphatic rings. The van der Waals surface area contributed by atoms with Crippen molar-refractivity contribution in [3.63, 3.8) is 0 Å². The highest BCUT2D eigenvalue weighted by Crippen LogP contribution is 2.29. The minimum absolute atomic E-state index is 0.0197. The van der Waals surface area contributed by atoms with Gasteiger partial charge in [-0.15, -0.1) is 11.3 Å². The summed E-state index contributed by atoms with van der Waals surface area (Å²) in [4.78, 5) is 58.5. The van der Waals surface area contributed by atoms with Crippen molar-refractivity contribution in [1.82, 2.24) is 25.4 Å². The lowest BCUT2D eigenvalue weighted by Crippen LogP contribution is -2.57. The Labute approximate surface area is 289 Å². The number of likely N-dealkylation sites (N-methyl/N-ethyl adjacent to an activating group) is 2. The molecular weight excluding hydrogens is 663 g/mol. The van der Waals surface area contributed by atoms with Crippen molar-refractivity contribution in [3.8, 4) is 0 Å². The van der Waals surface area contributed by atoms with Crippen LogP contribution >= 0.6 is 11.3 Å². The molecule has 2 heterocycles. The molecule has 0 saturated carbocycles. The summed E-state index contributed by atoms with van der Waals surface area (Å²) in [6.07, 6.45) is -4.91. The molecule has 3 rings (SSSR count). The van der Waals surface area contributed by atoms with Crippen LogP contribution in [0.15, 0.2) is 35.7 Å². The molecule has 3 amide bonds. The number of aliphatic hydroxyl groups excluding tert-OH is 1. The summed E-state index contributed by atoms with van der Waals surface area (Å²) in [5.74, 6) is -4.10. The fraction of sp³-hybridized carbons (Fsp3) is 0.618. The van der Waals surface area contributed by atoms with Gasteiger partial charge < -0.3 is 25.7 Å². The third kappa shape index (κ3) is 12.1. The van der Waals surface area contributed by atoms with Crippen LogP contribution in [-0.2, 0) is 20.8 Å². The number of aliphatic hydroxyl groups is 1. The number of amides is 3. The van der Waals surface area contributed by atoms with E-state index in [0.29, 0.717) is 19.4 Å². The summed E-state index contributed by atoms with van der Waals surface area (Å²) in [6, 6.07) is 5.59. The number of aromatic nitrogens is 1. The Morgan fingerprint density at radius 3 is 2.35 bits per heavy atom. The van der Waals surface area contributed by atoms with Crippen LogP contribution in [0.2, 0.25) is 0 Å². The van der Waals surface area contributed by atoms with Gasteiger partial charge in [-0.1, -0.05) is 57.5 Å². The van der Waals surface area contributed by atoms with E-state index in [9.17, 15) is 42.6 Å². The highest BCUT2D eigenvalue weighted by molar-refractivity contribution is 7.09. The normalized spacial score (nSPS) is 18.6. The van der Waals surface area contributed by atoms with E-state index in [-0.39, 0.29) is 29.5 Å². The number of likely N-dealkylation sites (tertiary alicyclic amines) is 1. The Morgan fingerprint density at radius 1 is 1.08 bits per heavy atom. The molecule has 4 N–H and O–H groups in total. The molecule has 2 aromatic rings. The van der Waals surface area contributed by atoms with Gasteiger partial charge >= 0.3 is 12.1 Å². The highest BCUT2D eigenvalue weighted by Gasteiger charge is 2.41. The summed E-state index contributed by atoms with van der Waals surface area (Å²) in [5.41, 5.74) is 0.933. The fourth-order valence-corrected chi connectivity index (χ4v) is 6.94. The van der Waals surface area contributed by atoms with Crippen LogP contribution in [0.5, 0.6) is 0 Å². The van der Waals surface area contributed by atoms with Crippen molar-refractivity contribution in [2.45, 2.75) is 102 Å². The van der Waals surface area contributed by atoms with Gasteiger partial charge in [0, 0.05) is 30.9 Å². The minimum atomic E-state index is -4.72. The van der Waals surface area contributed by atoms with Crippen LogP contribution in [0.25, 0.3) is 0 Å². The summed E-state index contributed by atoms with van der Waals surface area (Å²) < 4.78 is 40.8. The summed E-state index contributed by atoms with van der Waals surface area (Å²) >= 11 is 1.02. The van der Waals surface area contributed by atoms with Crippen LogP contribution in [0, 0.1) is 11.8 Å². The largest absolute Gasteiger partial charge is 0.481 e. The Morgan fingerprint density at radius 2 is 1.76 bits per heavy atom. The monoisotopic (exact) mass is 711 g/mol. The number of nitrogens with one attached hydrogen (secondary N) is 2. The highest BCUT2D eigenvalue weighted by atomic mass is 32.1. The van der Waals surface area contributed by atoms with Crippen LogP contribution in [-0.4, -0.2) is 99.7 Å². The molecule has 6 atom stereocenters. The molecule has 1 aliphatic heterocycles. The maximum atomic E-state index is 13.6. The summed E-state index contributed by atoms with van der Waals surface area (Å²) in [5, 5.41) is 27.4. The first-order valence-electron chi connectivity index (χ1n) is 16.5. The number of aliphatic carboxylic acids is 1. The average Bonchev–Trinajstić information content (AvgIpc) is 3.53. The summed E-state index contributed by atoms with van der Waals surface area (Å²) in [6.45, 7) is 5.72. The van der Waals surface area contributed by atoms with Gasteiger partial charge in [0.05, 0.1) is 18.4 Å². The van der Waals surface area contributed by atoms with E-state index < -0.39 is 72.5 Å². The lowest BCUT2D eigenvalue weighted by molar-refractivity contribution is -0.158. The lowest BCUT2D eigenvalue weighted by Gasteiger charge is -2.36. The first-order chi connectivity index (χ1) is 23.0. The average molecular weight is 712 g/mol. The van der Waals surface area contributed by atoms with Crippen molar-refractivity contribution in [2.24, 2.45) is 11.8 Å². The van der Waals surface area contributed by atoms with Crippen LogP contribution in [0.3, 0.4) is 0 Å². The van der Waals surface area contributed by atoms with Gasteiger partial charge in [-0.05, 0) is 50.8 Å². The van der Waals surface area contributed by atoms with Crippen LogP contribution in [0.4, 0.5) is 13.2 Å². The van der Waals surface area contributed by atoms with Gasteiger partial charge in [0.25, 0.3) is 5.91 Å². The molecule has 0 bridgehead atoms. The zero-order valence-corrected chi connectivity index (χ0v) is 29.4. The molecule has 272 valence electrons. The first kappa shape index (κ1) is 39.9. The maximum absolute atomic E-state index is 13.6. The molecule has 1 fully saturated rings.